The molecule has 3 heterocycles. The van der Waals surface area contributed by atoms with E-state index in [4.69, 9.17) is 25.8 Å². The van der Waals surface area contributed by atoms with Crippen LogP contribution in [0, 0.1) is 5.82 Å². The third kappa shape index (κ3) is 5.73. The molecule has 5 rings (SSSR count). The highest BCUT2D eigenvalue weighted by Gasteiger charge is 2.57. The number of amides is 2. The van der Waals surface area contributed by atoms with Gasteiger partial charge in [0.1, 0.15) is 17.3 Å². The lowest BCUT2D eigenvalue weighted by Crippen LogP contribution is -2.51. The second kappa shape index (κ2) is 11.4. The zero-order valence-electron chi connectivity index (χ0n) is 23.8. The van der Waals surface area contributed by atoms with E-state index in [1.807, 2.05) is 0 Å². The van der Waals surface area contributed by atoms with Crippen LogP contribution in [0.2, 0.25) is 5.02 Å². The number of hydrogen-bond acceptors (Lipinski definition) is 7. The van der Waals surface area contributed by atoms with Crippen LogP contribution in [0.25, 0.3) is 11.3 Å². The average Bonchev–Trinajstić information content (AvgIpc) is 3.53. The molecule has 0 radical (unpaired) electrons. The van der Waals surface area contributed by atoms with Crippen LogP contribution in [-0.4, -0.2) is 61.0 Å². The summed E-state index contributed by atoms with van der Waals surface area (Å²) in [5.41, 5.74) is -4.86. The molecule has 2 atom stereocenters. The number of ether oxygens (including phenoxy) is 3. The summed E-state index contributed by atoms with van der Waals surface area (Å²) in [5, 5.41) is 15.7. The Morgan fingerprint density at radius 3 is 2.59 bits per heavy atom. The minimum atomic E-state index is -5.29. The molecule has 1 saturated heterocycles. The van der Waals surface area contributed by atoms with E-state index < -0.39 is 47.3 Å². The van der Waals surface area contributed by atoms with E-state index in [0.29, 0.717) is 18.5 Å². The van der Waals surface area contributed by atoms with Gasteiger partial charge in [-0.15, -0.1) is 0 Å². The van der Waals surface area contributed by atoms with Crippen molar-refractivity contribution in [3.8, 4) is 28.5 Å². The fourth-order valence-corrected chi connectivity index (χ4v) is 5.13. The number of carbonyl (C=O) groups excluding carboxylic acids is 2. The molecule has 0 spiro atoms. The lowest BCUT2D eigenvalue weighted by molar-refractivity contribution is -0.265. The predicted octanol–water partition coefficient (Wildman–Crippen LogP) is 4.67. The third-order valence-electron chi connectivity index (χ3n) is 7.56. The number of pyridine rings is 1. The first kappa shape index (κ1) is 31.3. The van der Waals surface area contributed by atoms with Crippen molar-refractivity contribution in [1.82, 2.24) is 15.6 Å². The van der Waals surface area contributed by atoms with Gasteiger partial charge in [0, 0.05) is 35.1 Å². The topological polar surface area (TPSA) is 119 Å². The highest BCUT2D eigenvalue weighted by atomic mass is 35.5. The number of methoxy groups -OCH3 is 1. The Morgan fingerprint density at radius 1 is 1.20 bits per heavy atom. The Labute approximate surface area is 254 Å². The summed E-state index contributed by atoms with van der Waals surface area (Å²) in [4.78, 5) is 29.0. The maximum absolute atomic E-state index is 14.6. The number of aromatic nitrogens is 1. The molecule has 1 unspecified atom stereocenters. The van der Waals surface area contributed by atoms with Gasteiger partial charge in [0.25, 0.3) is 11.8 Å². The molecule has 0 saturated carbocycles. The number of nitrogens with zero attached hydrogens (tertiary/aromatic N) is 1. The summed E-state index contributed by atoms with van der Waals surface area (Å²) >= 11 is 5.94. The van der Waals surface area contributed by atoms with Crippen LogP contribution in [0.1, 0.15) is 41.9 Å². The Hall–Kier alpha value is -4.10. The summed E-state index contributed by atoms with van der Waals surface area (Å²) in [6.45, 7) is 2.76. The monoisotopic (exact) mass is 637 g/mol. The van der Waals surface area contributed by atoms with Crippen LogP contribution in [0.4, 0.5) is 17.6 Å². The Morgan fingerprint density at radius 2 is 1.95 bits per heavy atom. The third-order valence-corrected chi connectivity index (χ3v) is 7.85. The first-order chi connectivity index (χ1) is 20.6. The normalized spacial score (nSPS) is 18.6. The summed E-state index contributed by atoms with van der Waals surface area (Å²) in [7, 11) is 1.30. The second-order valence-electron chi connectivity index (χ2n) is 11.1. The molecule has 234 valence electrons. The van der Waals surface area contributed by atoms with E-state index in [2.05, 4.69) is 15.6 Å². The van der Waals surface area contributed by atoms with Crippen molar-refractivity contribution in [2.24, 2.45) is 0 Å². The number of benzene rings is 2. The number of carbonyl (C=O) groups is 2. The van der Waals surface area contributed by atoms with Crippen molar-refractivity contribution in [3.63, 3.8) is 0 Å². The summed E-state index contributed by atoms with van der Waals surface area (Å²) in [5.74, 6) is -1.57. The molecule has 9 nitrogen and oxygen atoms in total. The maximum atomic E-state index is 14.6. The molecule has 3 aromatic rings. The van der Waals surface area contributed by atoms with Gasteiger partial charge >= 0.3 is 6.18 Å². The molecule has 2 aromatic carbocycles. The van der Waals surface area contributed by atoms with Gasteiger partial charge in [0.2, 0.25) is 5.60 Å². The predicted molar refractivity (Wildman–Crippen MR) is 150 cm³/mol. The molecule has 3 N–H and O–H groups in total. The fourth-order valence-electron chi connectivity index (χ4n) is 4.95. The lowest BCUT2D eigenvalue weighted by atomic mass is 9.84. The van der Waals surface area contributed by atoms with E-state index in [1.165, 1.54) is 37.4 Å². The van der Waals surface area contributed by atoms with Gasteiger partial charge in [-0.2, -0.15) is 13.2 Å². The molecule has 2 aliphatic heterocycles. The highest BCUT2D eigenvalue weighted by molar-refractivity contribution is 6.31. The van der Waals surface area contributed by atoms with Gasteiger partial charge in [-0.1, -0.05) is 25.4 Å². The van der Waals surface area contributed by atoms with Crippen molar-refractivity contribution in [2.75, 3.05) is 26.8 Å². The Bertz CT molecular complexity index is 1630. The quantitative estimate of drug-likeness (QED) is 0.307. The van der Waals surface area contributed by atoms with Gasteiger partial charge in [0.15, 0.2) is 17.6 Å². The smallest absolute Gasteiger partial charge is 0.424 e. The van der Waals surface area contributed by atoms with E-state index in [9.17, 15) is 32.3 Å². The van der Waals surface area contributed by atoms with Crippen molar-refractivity contribution >= 4 is 23.4 Å². The zero-order chi connectivity index (χ0) is 32.0. The minimum Gasteiger partial charge on any atom is -0.493 e. The standard InChI is InChI=1S/C30H28ClF4N3O6/c1-28(2)14-43-25-17(28)12-23(38-24(25)15-4-6-19(32)18(31)10-15)29(41,30(33,34)35)13-37-26(39)16-5-7-20(22(11-16)42-3)44-21-8-9-36-27(21)40/h4-7,10-12,21,41H,8-9,13-14H2,1-3H3,(H,36,40)(H,37,39)/t21-,29?/m0/s1. The molecule has 1 aromatic heterocycles. The van der Waals surface area contributed by atoms with E-state index in [0.717, 1.165) is 12.1 Å². The molecule has 14 heteroatoms. The average molecular weight is 638 g/mol. The molecular formula is C30H28ClF4N3O6. The van der Waals surface area contributed by atoms with Crippen LogP contribution >= 0.6 is 11.6 Å². The van der Waals surface area contributed by atoms with E-state index in [-0.39, 0.29) is 51.6 Å². The molecular weight excluding hydrogens is 610 g/mol. The minimum absolute atomic E-state index is 0.0738. The SMILES string of the molecule is COc1cc(C(=O)NCC(O)(c2cc3c(c(-c4ccc(F)c(Cl)c4)n2)OCC3(C)C)C(F)(F)F)ccc1O[C@H]1CCNC1=O. The number of alkyl halides is 3. The van der Waals surface area contributed by atoms with Gasteiger partial charge < -0.3 is 30.0 Å². The van der Waals surface area contributed by atoms with E-state index >= 15 is 0 Å². The number of aliphatic hydroxyl groups is 1. The number of nitrogens with one attached hydrogen (secondary N) is 2. The van der Waals surface area contributed by atoms with Crippen LogP contribution in [0.3, 0.4) is 0 Å². The molecule has 0 aliphatic carbocycles. The summed E-state index contributed by atoms with van der Waals surface area (Å²) in [6.07, 6.45) is -5.62. The molecule has 1 fully saturated rings. The maximum Gasteiger partial charge on any atom is 0.424 e. The number of rotatable bonds is 8. The van der Waals surface area contributed by atoms with Gasteiger partial charge in [0.05, 0.1) is 31.0 Å². The van der Waals surface area contributed by atoms with Crippen LogP contribution in [0.15, 0.2) is 42.5 Å². The highest BCUT2D eigenvalue weighted by Crippen LogP contribution is 2.48. The largest absolute Gasteiger partial charge is 0.493 e. The fraction of sp³-hybridized carbons (Fsp3) is 0.367. The van der Waals surface area contributed by atoms with Gasteiger partial charge in [-0.05, 0) is 42.5 Å². The second-order valence-corrected chi connectivity index (χ2v) is 11.5. The molecule has 0 bridgehead atoms. The first-order valence-electron chi connectivity index (χ1n) is 13.5. The molecule has 2 aliphatic rings. The molecule has 44 heavy (non-hydrogen) atoms. The van der Waals surface area contributed by atoms with Crippen LogP contribution < -0.4 is 24.8 Å². The van der Waals surface area contributed by atoms with Gasteiger partial charge in [-0.25, -0.2) is 9.37 Å². The number of fused-ring (bicyclic) bond motifs is 1. The van der Waals surface area contributed by atoms with Crippen molar-refractivity contribution in [3.05, 3.63) is 70.1 Å². The summed E-state index contributed by atoms with van der Waals surface area (Å²) < 4.78 is 74.5. The first-order valence-corrected chi connectivity index (χ1v) is 13.9. The number of hydrogen-bond donors (Lipinski definition) is 3. The van der Waals surface area contributed by atoms with Crippen molar-refractivity contribution in [1.29, 1.82) is 0 Å². The van der Waals surface area contributed by atoms with Crippen molar-refractivity contribution < 1.29 is 46.5 Å². The number of halogens is 5. The van der Waals surface area contributed by atoms with Crippen molar-refractivity contribution in [2.45, 2.75) is 43.6 Å². The zero-order valence-corrected chi connectivity index (χ0v) is 24.5. The van der Waals surface area contributed by atoms with Gasteiger partial charge in [-0.3, -0.25) is 9.59 Å². The Kier molecular flexibility index (Phi) is 8.14. The molecule has 2 amide bonds. The van der Waals surface area contributed by atoms with Crippen LogP contribution in [-0.2, 0) is 15.8 Å². The van der Waals surface area contributed by atoms with E-state index in [1.54, 1.807) is 13.8 Å². The lowest BCUT2D eigenvalue weighted by Gasteiger charge is -2.31. The van der Waals surface area contributed by atoms with Crippen LogP contribution in [0.5, 0.6) is 17.2 Å². The Balaban J connectivity index is 1.47. The summed E-state index contributed by atoms with van der Waals surface area (Å²) in [6, 6.07) is 8.53.